The van der Waals surface area contributed by atoms with Crippen LogP contribution in [0.4, 0.5) is 30.7 Å². The van der Waals surface area contributed by atoms with Gasteiger partial charge < -0.3 is 4.74 Å². The average molecular weight is 381 g/mol. The number of carbonyl (C=O) groups excluding carboxylic acids is 1. The smallest absolute Gasteiger partial charge is 0.403 e. The molecule has 0 saturated carbocycles. The molecule has 0 spiro atoms. The number of rotatable bonds is 4. The highest BCUT2D eigenvalue weighted by molar-refractivity contribution is 5.87. The molecule has 1 aromatic carbocycles. The molecule has 0 aliphatic heterocycles. The minimum Gasteiger partial charge on any atom is -0.403 e. The zero-order valence-corrected chi connectivity index (χ0v) is 13.0. The number of carbonyl (C=O) groups is 1. The second kappa shape index (κ2) is 6.93. The molecule has 10 heteroatoms. The van der Waals surface area contributed by atoms with Crippen molar-refractivity contribution in [2.24, 2.45) is 0 Å². The Hall–Kier alpha value is -2.65. The Bertz CT molecular complexity index is 798. The normalized spacial score (nSPS) is 13.4. The molecule has 140 valence electrons. The third-order valence-electron chi connectivity index (χ3n) is 3.33. The van der Waals surface area contributed by atoms with E-state index in [0.717, 1.165) is 25.3 Å². The molecule has 3 nitrogen and oxygen atoms in total. The summed E-state index contributed by atoms with van der Waals surface area (Å²) in [4.78, 5) is 15.1. The summed E-state index contributed by atoms with van der Waals surface area (Å²) >= 11 is 0. The lowest BCUT2D eigenvalue weighted by Crippen LogP contribution is -2.19. The summed E-state index contributed by atoms with van der Waals surface area (Å²) in [5.74, 6) is -4.28. The van der Waals surface area contributed by atoms with E-state index in [1.54, 1.807) is 0 Å². The first-order chi connectivity index (χ1) is 11.9. The SMILES string of the molecule is CC(=O)C(c1ccc(C(F)(F)F)nc1)c1ccc(F)c(OC(F)(F)F)c1. The van der Waals surface area contributed by atoms with Crippen molar-refractivity contribution >= 4 is 5.78 Å². The predicted molar refractivity (Wildman–Crippen MR) is 74.8 cm³/mol. The summed E-state index contributed by atoms with van der Waals surface area (Å²) in [7, 11) is 0. The Balaban J connectivity index is 2.45. The molecule has 26 heavy (non-hydrogen) atoms. The first-order valence-electron chi connectivity index (χ1n) is 6.97. The number of hydrogen-bond acceptors (Lipinski definition) is 3. The maximum atomic E-state index is 13.5. The standard InChI is InChI=1S/C16H10F7NO2/c1-8(25)14(10-3-5-13(24-7-10)15(18,19)20)9-2-4-11(17)12(6-9)26-16(21,22)23/h2-7,14H,1H3. The van der Waals surface area contributed by atoms with Gasteiger partial charge in [-0.25, -0.2) is 4.39 Å². The molecule has 1 aromatic heterocycles. The first-order valence-corrected chi connectivity index (χ1v) is 6.97. The fraction of sp³-hybridized carbons (Fsp3) is 0.250. The van der Waals surface area contributed by atoms with Crippen LogP contribution in [0.5, 0.6) is 5.75 Å². The van der Waals surface area contributed by atoms with Gasteiger partial charge in [0.05, 0.1) is 5.92 Å². The van der Waals surface area contributed by atoms with E-state index in [4.69, 9.17) is 0 Å². The highest BCUT2D eigenvalue weighted by Gasteiger charge is 2.34. The van der Waals surface area contributed by atoms with Crippen molar-refractivity contribution in [2.75, 3.05) is 0 Å². The van der Waals surface area contributed by atoms with Gasteiger partial charge >= 0.3 is 12.5 Å². The second-order valence-electron chi connectivity index (χ2n) is 5.26. The monoisotopic (exact) mass is 381 g/mol. The van der Waals surface area contributed by atoms with E-state index in [0.29, 0.717) is 18.2 Å². The number of nitrogens with zero attached hydrogens (tertiary/aromatic N) is 1. The molecule has 0 saturated heterocycles. The minimum absolute atomic E-state index is 0.00932. The molecule has 2 rings (SSSR count). The predicted octanol–water partition coefficient (Wildman–Crippen LogP) is 4.86. The number of ketones is 1. The van der Waals surface area contributed by atoms with Crippen LogP contribution < -0.4 is 4.74 Å². The topological polar surface area (TPSA) is 39.2 Å². The largest absolute Gasteiger partial charge is 0.573 e. The summed E-state index contributed by atoms with van der Waals surface area (Å²) in [5, 5.41) is 0. The summed E-state index contributed by atoms with van der Waals surface area (Å²) in [5.41, 5.74) is -1.27. The van der Waals surface area contributed by atoms with E-state index < -0.39 is 41.5 Å². The number of benzene rings is 1. The van der Waals surface area contributed by atoms with Crippen molar-refractivity contribution in [3.05, 3.63) is 59.2 Å². The molecule has 0 aliphatic rings. The number of Topliss-reactive ketones (excluding diaryl/α,β-unsaturated/α-hetero) is 1. The molecule has 0 radical (unpaired) electrons. The zero-order valence-electron chi connectivity index (χ0n) is 13.0. The molecule has 0 N–H and O–H groups in total. The van der Waals surface area contributed by atoms with E-state index in [9.17, 15) is 35.5 Å². The van der Waals surface area contributed by atoms with Gasteiger partial charge in [-0.2, -0.15) is 13.2 Å². The number of aromatic nitrogens is 1. The maximum Gasteiger partial charge on any atom is 0.573 e. The van der Waals surface area contributed by atoms with Crippen molar-refractivity contribution in [1.29, 1.82) is 0 Å². The molecule has 1 unspecified atom stereocenters. The number of alkyl halides is 6. The Kier molecular flexibility index (Phi) is 5.24. The molecular weight excluding hydrogens is 371 g/mol. The van der Waals surface area contributed by atoms with Gasteiger partial charge in [-0.15, -0.1) is 13.2 Å². The van der Waals surface area contributed by atoms with Crippen LogP contribution >= 0.6 is 0 Å². The van der Waals surface area contributed by atoms with Gasteiger partial charge in [-0.1, -0.05) is 12.1 Å². The van der Waals surface area contributed by atoms with Crippen molar-refractivity contribution in [1.82, 2.24) is 4.98 Å². The lowest BCUT2D eigenvalue weighted by atomic mass is 9.89. The Morgan fingerprint density at radius 3 is 2.12 bits per heavy atom. The van der Waals surface area contributed by atoms with Gasteiger partial charge in [-0.3, -0.25) is 9.78 Å². The highest BCUT2D eigenvalue weighted by Crippen LogP contribution is 2.33. The lowest BCUT2D eigenvalue weighted by Gasteiger charge is -2.17. The molecule has 0 fully saturated rings. The van der Waals surface area contributed by atoms with Crippen LogP contribution in [0.1, 0.15) is 29.7 Å². The van der Waals surface area contributed by atoms with Crippen LogP contribution in [0.2, 0.25) is 0 Å². The first kappa shape index (κ1) is 19.7. The van der Waals surface area contributed by atoms with Crippen LogP contribution in [-0.4, -0.2) is 17.1 Å². The Morgan fingerprint density at radius 1 is 1.04 bits per heavy atom. The van der Waals surface area contributed by atoms with E-state index in [1.807, 2.05) is 0 Å². The van der Waals surface area contributed by atoms with Crippen LogP contribution in [-0.2, 0) is 11.0 Å². The van der Waals surface area contributed by atoms with Crippen molar-refractivity contribution in [3.63, 3.8) is 0 Å². The van der Waals surface area contributed by atoms with Gasteiger partial charge in [-0.05, 0) is 36.2 Å². The van der Waals surface area contributed by atoms with E-state index in [2.05, 4.69) is 9.72 Å². The second-order valence-corrected chi connectivity index (χ2v) is 5.26. The van der Waals surface area contributed by atoms with Crippen LogP contribution in [0, 0.1) is 5.82 Å². The van der Waals surface area contributed by atoms with E-state index in [-0.39, 0.29) is 11.1 Å². The molecule has 0 aliphatic carbocycles. The number of halogens is 7. The molecule has 1 atom stereocenters. The van der Waals surface area contributed by atoms with Crippen LogP contribution in [0.15, 0.2) is 36.5 Å². The van der Waals surface area contributed by atoms with Gasteiger partial charge in [0, 0.05) is 6.20 Å². The fourth-order valence-electron chi connectivity index (χ4n) is 2.31. The Labute approximate surface area is 142 Å². The fourth-order valence-corrected chi connectivity index (χ4v) is 2.31. The third-order valence-corrected chi connectivity index (χ3v) is 3.33. The zero-order chi connectivity index (χ0) is 19.7. The molecule has 2 aromatic rings. The quantitative estimate of drug-likeness (QED) is 0.711. The molecule has 0 bridgehead atoms. The molecular formula is C16H10F7NO2. The number of pyridine rings is 1. The summed E-state index contributed by atoms with van der Waals surface area (Å²) in [6.07, 6.45) is -9.04. The molecule has 0 amide bonds. The van der Waals surface area contributed by atoms with E-state index >= 15 is 0 Å². The summed E-state index contributed by atoms with van der Waals surface area (Å²) in [6.45, 7) is 1.09. The number of hydrogen-bond donors (Lipinski definition) is 0. The van der Waals surface area contributed by atoms with Gasteiger partial charge in [0.25, 0.3) is 0 Å². The van der Waals surface area contributed by atoms with Gasteiger partial charge in [0.2, 0.25) is 0 Å². The molecule has 1 heterocycles. The lowest BCUT2D eigenvalue weighted by molar-refractivity contribution is -0.275. The van der Waals surface area contributed by atoms with Crippen LogP contribution in [0.3, 0.4) is 0 Å². The third kappa shape index (κ3) is 4.70. The van der Waals surface area contributed by atoms with Crippen molar-refractivity contribution in [2.45, 2.75) is 25.4 Å². The van der Waals surface area contributed by atoms with Crippen molar-refractivity contribution < 1.29 is 40.3 Å². The average Bonchev–Trinajstić information content (AvgIpc) is 2.48. The van der Waals surface area contributed by atoms with E-state index in [1.165, 1.54) is 0 Å². The van der Waals surface area contributed by atoms with Crippen molar-refractivity contribution in [3.8, 4) is 5.75 Å². The Morgan fingerprint density at radius 2 is 1.65 bits per heavy atom. The summed E-state index contributed by atoms with van der Waals surface area (Å²) in [6, 6.07) is 4.01. The van der Waals surface area contributed by atoms with Gasteiger partial charge in [0.15, 0.2) is 11.6 Å². The number of ether oxygens (including phenoxy) is 1. The maximum absolute atomic E-state index is 13.5. The van der Waals surface area contributed by atoms with Gasteiger partial charge in [0.1, 0.15) is 11.5 Å². The minimum atomic E-state index is -5.15. The summed E-state index contributed by atoms with van der Waals surface area (Å²) < 4.78 is 91.7. The highest BCUT2D eigenvalue weighted by atomic mass is 19.4. The van der Waals surface area contributed by atoms with Crippen LogP contribution in [0.25, 0.3) is 0 Å².